The number of rotatable bonds is 4. The zero-order valence-corrected chi connectivity index (χ0v) is 30.0. The molecule has 0 radical (unpaired) electrons. The molecule has 0 aliphatic carbocycles. The van der Waals surface area contributed by atoms with Gasteiger partial charge in [-0.05, 0) is 126 Å². The number of hydrogen-bond donors (Lipinski definition) is 0. The van der Waals surface area contributed by atoms with Gasteiger partial charge >= 0.3 is 0 Å². The summed E-state index contributed by atoms with van der Waals surface area (Å²) >= 11 is 9.32. The van der Waals surface area contributed by atoms with Crippen molar-refractivity contribution >= 4 is 117 Å². The predicted octanol–water partition coefficient (Wildman–Crippen LogP) is 15.6. The average molecular weight is 713 g/mol. The van der Waals surface area contributed by atoms with Crippen LogP contribution in [0.4, 0.5) is 0 Å². The van der Waals surface area contributed by atoms with Crippen LogP contribution >= 0.6 is 56.7 Å². The molecule has 0 fully saturated rings. The quantitative estimate of drug-likeness (QED) is 0.170. The summed E-state index contributed by atoms with van der Waals surface area (Å²) in [6, 6.07) is 50.5. The van der Waals surface area contributed by atoms with Crippen LogP contribution in [0.5, 0.6) is 0 Å². The van der Waals surface area contributed by atoms with E-state index in [4.69, 9.17) is 0 Å². The van der Waals surface area contributed by atoms with Gasteiger partial charge in [0.2, 0.25) is 0 Å². The zero-order valence-electron chi connectivity index (χ0n) is 25.9. The van der Waals surface area contributed by atoms with Crippen molar-refractivity contribution in [2.75, 3.05) is 0 Å². The van der Waals surface area contributed by atoms with Gasteiger partial charge in [0.15, 0.2) is 0 Å². The van der Waals surface area contributed by atoms with Crippen molar-refractivity contribution in [3.63, 3.8) is 0 Å². The maximum atomic E-state index is 2.42. The summed E-state index contributed by atoms with van der Waals surface area (Å²) in [5.41, 5.74) is 7.63. The molecule has 0 spiro atoms. The van der Waals surface area contributed by atoms with Gasteiger partial charge in [0, 0.05) is 48.7 Å². The normalized spacial score (nSPS) is 12.1. The molecule has 0 atom stereocenters. The molecule has 0 unspecified atom stereocenters. The Bertz CT molecular complexity index is 2820. The van der Waals surface area contributed by atoms with Crippen molar-refractivity contribution in [2.24, 2.45) is 0 Å². The number of benzene rings is 6. The smallest absolute Gasteiger partial charge is 0.0369 e. The van der Waals surface area contributed by atoms with Gasteiger partial charge in [-0.1, -0.05) is 72.8 Å². The van der Waals surface area contributed by atoms with Crippen LogP contribution in [0.2, 0.25) is 0 Å². The van der Waals surface area contributed by atoms with Crippen LogP contribution in [0.15, 0.2) is 144 Å². The first-order valence-electron chi connectivity index (χ1n) is 16.2. The highest BCUT2D eigenvalue weighted by Gasteiger charge is 2.14. The SMILES string of the molecule is c1cc2ccc(-c3ccc(-c4cc5cc6c(cc5s4)sc4cc5sc(-c7ccc(-c8ccc9ccsc9c8)cc7)cc5cc46)cc3)cc2s1. The molecule has 0 aliphatic heterocycles. The molecule has 230 valence electrons. The lowest BCUT2D eigenvalue weighted by Crippen LogP contribution is -1.78. The monoisotopic (exact) mass is 712 g/mol. The second-order valence-corrected chi connectivity index (χ2v) is 17.7. The summed E-state index contributed by atoms with van der Waals surface area (Å²) in [7, 11) is 0. The van der Waals surface area contributed by atoms with E-state index in [2.05, 4.69) is 144 Å². The third-order valence-corrected chi connectivity index (χ3v) is 14.8. The van der Waals surface area contributed by atoms with Gasteiger partial charge in [-0.25, -0.2) is 0 Å². The van der Waals surface area contributed by atoms with Gasteiger partial charge in [-0.2, -0.15) is 0 Å². The van der Waals surface area contributed by atoms with Gasteiger partial charge in [-0.15, -0.1) is 56.7 Å². The average Bonchev–Trinajstić information content (AvgIpc) is 3.98. The van der Waals surface area contributed by atoms with Crippen molar-refractivity contribution in [1.29, 1.82) is 0 Å². The molecule has 5 aromatic heterocycles. The standard InChI is InChI=1S/C44H24S5/c1-5-27(6-2-25(1)31-11-9-29-13-15-45-37(29)19-31)39-21-33-17-35-36-18-34-22-40(48-42(34)24-44(36)49-43(35)23-41(33)47-39)28-7-3-26(4-8-28)32-12-10-30-14-16-46-38(30)20-32/h1-24H. The fourth-order valence-corrected chi connectivity index (χ4v) is 12.2. The molecule has 0 saturated heterocycles. The highest BCUT2D eigenvalue weighted by molar-refractivity contribution is 7.27. The van der Waals surface area contributed by atoms with Crippen LogP contribution in [-0.4, -0.2) is 0 Å². The molecule has 0 nitrogen and oxygen atoms in total. The summed E-state index contributed by atoms with van der Waals surface area (Å²) < 4.78 is 8.11. The second-order valence-electron chi connectivity index (χ2n) is 12.6. The molecule has 5 heteroatoms. The maximum Gasteiger partial charge on any atom is 0.0369 e. The van der Waals surface area contributed by atoms with Crippen molar-refractivity contribution in [3.8, 4) is 43.1 Å². The zero-order chi connectivity index (χ0) is 32.1. The first-order chi connectivity index (χ1) is 24.2. The van der Waals surface area contributed by atoms with E-state index in [-0.39, 0.29) is 0 Å². The lowest BCUT2D eigenvalue weighted by molar-refractivity contribution is 1.65. The van der Waals surface area contributed by atoms with Gasteiger partial charge in [0.1, 0.15) is 0 Å². The molecule has 5 heterocycles. The van der Waals surface area contributed by atoms with Gasteiger partial charge in [0.05, 0.1) is 0 Å². The second kappa shape index (κ2) is 10.9. The van der Waals surface area contributed by atoms with Gasteiger partial charge < -0.3 is 0 Å². The highest BCUT2D eigenvalue weighted by atomic mass is 32.1. The third kappa shape index (κ3) is 4.73. The van der Waals surface area contributed by atoms with E-state index in [1.54, 1.807) is 22.7 Å². The van der Waals surface area contributed by atoms with Crippen molar-refractivity contribution in [2.45, 2.75) is 0 Å². The van der Waals surface area contributed by atoms with Crippen LogP contribution in [-0.2, 0) is 0 Å². The van der Waals surface area contributed by atoms with Crippen molar-refractivity contribution in [3.05, 3.63) is 144 Å². The maximum absolute atomic E-state index is 2.42. The van der Waals surface area contributed by atoms with E-state index in [1.165, 1.54) is 104 Å². The Hall–Kier alpha value is -4.62. The van der Waals surface area contributed by atoms with Crippen LogP contribution in [0.1, 0.15) is 0 Å². The Morgan fingerprint density at radius 1 is 0.265 bits per heavy atom. The Morgan fingerprint density at radius 2 is 0.694 bits per heavy atom. The fourth-order valence-electron chi connectivity index (χ4n) is 7.05. The molecule has 11 aromatic rings. The Morgan fingerprint density at radius 3 is 1.16 bits per heavy atom. The van der Waals surface area contributed by atoms with E-state index >= 15 is 0 Å². The van der Waals surface area contributed by atoms with E-state index < -0.39 is 0 Å². The van der Waals surface area contributed by atoms with Crippen LogP contribution in [0.3, 0.4) is 0 Å². The van der Waals surface area contributed by atoms with E-state index in [0.29, 0.717) is 0 Å². The Balaban J connectivity index is 0.912. The molecular weight excluding hydrogens is 689 g/mol. The van der Waals surface area contributed by atoms with Gasteiger partial charge in [0.25, 0.3) is 0 Å². The summed E-state index contributed by atoms with van der Waals surface area (Å²) in [5, 5.41) is 12.3. The van der Waals surface area contributed by atoms with Crippen LogP contribution in [0, 0.1) is 0 Å². The van der Waals surface area contributed by atoms with E-state index in [9.17, 15) is 0 Å². The topological polar surface area (TPSA) is 0 Å². The summed E-state index contributed by atoms with van der Waals surface area (Å²) in [4.78, 5) is 2.64. The van der Waals surface area contributed by atoms with E-state index in [1.807, 2.05) is 34.0 Å². The number of thiophene rings is 5. The first-order valence-corrected chi connectivity index (χ1v) is 20.4. The molecule has 0 bridgehead atoms. The summed E-state index contributed by atoms with van der Waals surface area (Å²) in [6.45, 7) is 0. The van der Waals surface area contributed by atoms with Crippen molar-refractivity contribution in [1.82, 2.24) is 0 Å². The van der Waals surface area contributed by atoms with Crippen LogP contribution < -0.4 is 0 Å². The van der Waals surface area contributed by atoms with E-state index in [0.717, 1.165) is 0 Å². The Labute approximate surface area is 302 Å². The molecule has 6 aromatic carbocycles. The number of hydrogen-bond acceptors (Lipinski definition) is 5. The minimum Gasteiger partial charge on any atom is -0.144 e. The molecule has 0 aliphatic rings. The molecule has 0 saturated carbocycles. The molecule has 49 heavy (non-hydrogen) atoms. The summed E-state index contributed by atoms with van der Waals surface area (Å²) in [6.07, 6.45) is 0. The fraction of sp³-hybridized carbons (Fsp3) is 0. The molecular formula is C44H24S5. The molecule has 11 rings (SSSR count). The third-order valence-electron chi connectivity index (χ3n) is 9.66. The molecule has 0 amide bonds. The molecule has 0 N–H and O–H groups in total. The van der Waals surface area contributed by atoms with Crippen LogP contribution in [0.25, 0.3) is 104 Å². The first kappa shape index (κ1) is 28.2. The highest BCUT2D eigenvalue weighted by Crippen LogP contribution is 2.44. The minimum absolute atomic E-state index is 1.26. The minimum atomic E-state index is 1.26. The predicted molar refractivity (Wildman–Crippen MR) is 223 cm³/mol. The lowest BCUT2D eigenvalue weighted by Gasteiger charge is -2.04. The van der Waals surface area contributed by atoms with Gasteiger partial charge in [-0.3, -0.25) is 0 Å². The van der Waals surface area contributed by atoms with Crippen molar-refractivity contribution < 1.29 is 0 Å². The summed E-state index contributed by atoms with van der Waals surface area (Å²) in [5.74, 6) is 0. The Kier molecular flexibility index (Phi) is 6.31. The largest absolute Gasteiger partial charge is 0.144 e. The lowest BCUT2D eigenvalue weighted by atomic mass is 10.0. The number of fused-ring (bicyclic) bond motifs is 7.